The molecular formula is C20H19Cl2N5O2. The number of aromatic nitrogens is 4. The van der Waals surface area contributed by atoms with Crippen molar-refractivity contribution in [3.63, 3.8) is 0 Å². The molecule has 2 fully saturated rings. The van der Waals surface area contributed by atoms with Crippen LogP contribution in [0.2, 0.25) is 10.3 Å². The Morgan fingerprint density at radius 1 is 1.24 bits per heavy atom. The first-order valence-corrected chi connectivity index (χ1v) is 10.4. The third-order valence-electron chi connectivity index (χ3n) is 5.52. The van der Waals surface area contributed by atoms with Crippen molar-refractivity contribution in [1.29, 1.82) is 0 Å². The van der Waals surface area contributed by atoms with E-state index < -0.39 is 0 Å². The van der Waals surface area contributed by atoms with Crippen LogP contribution >= 0.6 is 23.2 Å². The van der Waals surface area contributed by atoms with Crippen molar-refractivity contribution in [2.45, 2.75) is 37.8 Å². The molecule has 4 heterocycles. The summed E-state index contributed by atoms with van der Waals surface area (Å²) in [5.41, 5.74) is 1.08. The number of nitrogens with one attached hydrogen (secondary N) is 1. The molecule has 3 aromatic rings. The van der Waals surface area contributed by atoms with Gasteiger partial charge in [0.1, 0.15) is 22.4 Å². The molecule has 2 aliphatic rings. The van der Waals surface area contributed by atoms with E-state index in [0.29, 0.717) is 21.5 Å². The van der Waals surface area contributed by atoms with Gasteiger partial charge in [-0.3, -0.25) is 4.79 Å². The second kappa shape index (κ2) is 7.55. The average molecular weight is 432 g/mol. The van der Waals surface area contributed by atoms with E-state index in [9.17, 15) is 4.79 Å². The predicted molar refractivity (Wildman–Crippen MR) is 110 cm³/mol. The number of ether oxygens (including phenoxy) is 1. The summed E-state index contributed by atoms with van der Waals surface area (Å²) in [6.45, 7) is 0.777. The Labute approximate surface area is 177 Å². The topological polar surface area (TPSA) is 81.9 Å². The van der Waals surface area contributed by atoms with Crippen LogP contribution in [0.1, 0.15) is 43.4 Å². The van der Waals surface area contributed by atoms with E-state index in [1.165, 1.54) is 0 Å². The average Bonchev–Trinajstić information content (AvgIpc) is 3.37. The first-order chi connectivity index (χ1) is 14.1. The van der Waals surface area contributed by atoms with E-state index in [1.807, 2.05) is 17.1 Å². The van der Waals surface area contributed by atoms with Crippen LogP contribution in [0.5, 0.6) is 0 Å². The van der Waals surface area contributed by atoms with Crippen LogP contribution in [0.15, 0.2) is 30.7 Å². The number of rotatable bonds is 4. The fraction of sp³-hybridized carbons (Fsp3) is 0.400. The molecule has 1 aliphatic heterocycles. The van der Waals surface area contributed by atoms with Gasteiger partial charge in [0.15, 0.2) is 0 Å². The van der Waals surface area contributed by atoms with Crippen molar-refractivity contribution >= 4 is 45.7 Å². The van der Waals surface area contributed by atoms with Gasteiger partial charge in [-0.05, 0) is 54.7 Å². The van der Waals surface area contributed by atoms with Gasteiger partial charge in [-0.25, -0.2) is 14.6 Å². The number of amides is 1. The Kier molecular flexibility index (Phi) is 4.89. The standard InChI is InChI=1S/C20H19Cl2N5O2/c21-16-5-11-6-17(23-9-15(11)19(22)25-16)26-20(28)14-7-13(14)12-8-24-27(10-12)18-3-1-2-4-29-18/h5-6,8-10,13-14,18H,1-4,7H2,(H,23,26,28)/t13-,14+,18?/m0/s1. The molecule has 1 amide bonds. The number of carbonyl (C=O) groups is 1. The first-order valence-electron chi connectivity index (χ1n) is 9.67. The molecule has 0 bridgehead atoms. The molecule has 1 saturated carbocycles. The van der Waals surface area contributed by atoms with Gasteiger partial charge in [-0.1, -0.05) is 23.2 Å². The second-order valence-electron chi connectivity index (χ2n) is 7.54. The molecule has 5 rings (SSSR count). The number of anilines is 1. The lowest BCUT2D eigenvalue weighted by atomic mass is 10.2. The summed E-state index contributed by atoms with van der Waals surface area (Å²) in [4.78, 5) is 20.9. The SMILES string of the molecule is O=C(Nc1cc2cc(Cl)nc(Cl)c2cn1)[C@@H]1C[C@H]1c1cnn(C2CCCCO2)c1. The van der Waals surface area contributed by atoms with Crippen LogP contribution in [-0.4, -0.2) is 32.3 Å². The molecule has 0 aromatic carbocycles. The van der Waals surface area contributed by atoms with Crippen LogP contribution in [0, 0.1) is 5.92 Å². The maximum Gasteiger partial charge on any atom is 0.229 e. The van der Waals surface area contributed by atoms with Crippen molar-refractivity contribution in [3.8, 4) is 0 Å². The fourth-order valence-corrected chi connectivity index (χ4v) is 4.35. The van der Waals surface area contributed by atoms with E-state index in [0.717, 1.165) is 43.2 Å². The summed E-state index contributed by atoms with van der Waals surface area (Å²) in [7, 11) is 0. The van der Waals surface area contributed by atoms with Crippen LogP contribution in [0.25, 0.3) is 10.8 Å². The minimum atomic E-state index is -0.0814. The van der Waals surface area contributed by atoms with Crippen LogP contribution in [0.4, 0.5) is 5.82 Å². The lowest BCUT2D eigenvalue weighted by Gasteiger charge is -2.22. The molecular weight excluding hydrogens is 413 g/mol. The Morgan fingerprint density at radius 2 is 2.14 bits per heavy atom. The molecule has 9 heteroatoms. The minimum absolute atomic E-state index is 0.0125. The largest absolute Gasteiger partial charge is 0.357 e. The predicted octanol–water partition coefficient (Wildman–Crippen LogP) is 4.57. The molecule has 0 radical (unpaired) electrons. The molecule has 150 valence electrons. The van der Waals surface area contributed by atoms with Gasteiger partial charge >= 0.3 is 0 Å². The van der Waals surface area contributed by atoms with Crippen LogP contribution in [-0.2, 0) is 9.53 Å². The second-order valence-corrected chi connectivity index (χ2v) is 8.28. The number of halogens is 2. The zero-order valence-electron chi connectivity index (χ0n) is 15.5. The summed E-state index contributed by atoms with van der Waals surface area (Å²) in [6.07, 6.45) is 9.51. The van der Waals surface area contributed by atoms with E-state index in [-0.39, 0.29) is 24.0 Å². The molecule has 0 spiro atoms. The normalized spacial score (nSPS) is 23.9. The quantitative estimate of drug-likeness (QED) is 0.611. The fourth-order valence-electron chi connectivity index (χ4n) is 3.85. The molecule has 1 unspecified atom stereocenters. The third-order valence-corrected chi connectivity index (χ3v) is 6.00. The molecule has 7 nitrogen and oxygen atoms in total. The lowest BCUT2D eigenvalue weighted by Crippen LogP contribution is -2.18. The monoisotopic (exact) mass is 431 g/mol. The molecule has 29 heavy (non-hydrogen) atoms. The molecule has 1 saturated heterocycles. The summed E-state index contributed by atoms with van der Waals surface area (Å²) < 4.78 is 7.66. The zero-order valence-corrected chi connectivity index (χ0v) is 17.0. The van der Waals surface area contributed by atoms with Gasteiger partial charge < -0.3 is 10.1 Å². The van der Waals surface area contributed by atoms with Crippen molar-refractivity contribution in [1.82, 2.24) is 19.7 Å². The summed E-state index contributed by atoms with van der Waals surface area (Å²) in [6, 6.07) is 3.45. The van der Waals surface area contributed by atoms with Gasteiger partial charge in [-0.15, -0.1) is 0 Å². The number of hydrogen-bond donors (Lipinski definition) is 1. The van der Waals surface area contributed by atoms with Crippen molar-refractivity contribution in [2.24, 2.45) is 5.92 Å². The maximum absolute atomic E-state index is 12.7. The molecule has 3 aromatic heterocycles. The van der Waals surface area contributed by atoms with Crippen molar-refractivity contribution < 1.29 is 9.53 Å². The number of carbonyl (C=O) groups excluding carboxylic acids is 1. The van der Waals surface area contributed by atoms with Gasteiger partial charge in [-0.2, -0.15) is 5.10 Å². The highest BCUT2D eigenvalue weighted by Gasteiger charge is 2.45. The summed E-state index contributed by atoms with van der Waals surface area (Å²) in [5.74, 6) is 0.524. The first kappa shape index (κ1) is 18.8. The number of nitrogens with zero attached hydrogens (tertiary/aromatic N) is 4. The molecule has 3 atom stereocenters. The number of fused-ring (bicyclic) bond motifs is 1. The van der Waals surface area contributed by atoms with E-state index in [1.54, 1.807) is 18.3 Å². The Balaban J connectivity index is 1.26. The highest BCUT2D eigenvalue weighted by molar-refractivity contribution is 6.36. The van der Waals surface area contributed by atoms with E-state index in [4.69, 9.17) is 27.9 Å². The van der Waals surface area contributed by atoms with Gasteiger partial charge in [0.05, 0.1) is 6.20 Å². The number of pyridine rings is 2. The van der Waals surface area contributed by atoms with E-state index in [2.05, 4.69) is 20.4 Å². The highest BCUT2D eigenvalue weighted by Crippen LogP contribution is 2.48. The smallest absolute Gasteiger partial charge is 0.229 e. The zero-order chi connectivity index (χ0) is 20.0. The highest BCUT2D eigenvalue weighted by atomic mass is 35.5. The van der Waals surface area contributed by atoms with Gasteiger partial charge in [0.25, 0.3) is 0 Å². The lowest BCUT2D eigenvalue weighted by molar-refractivity contribution is -0.117. The number of hydrogen-bond acceptors (Lipinski definition) is 5. The summed E-state index contributed by atoms with van der Waals surface area (Å²) in [5, 5.41) is 9.40. The third kappa shape index (κ3) is 3.82. The van der Waals surface area contributed by atoms with Gasteiger partial charge in [0.2, 0.25) is 5.91 Å². The Hall–Kier alpha value is -2.22. The minimum Gasteiger partial charge on any atom is -0.357 e. The molecule has 1 N–H and O–H groups in total. The van der Waals surface area contributed by atoms with E-state index >= 15 is 0 Å². The summed E-state index contributed by atoms with van der Waals surface area (Å²) >= 11 is 12.1. The van der Waals surface area contributed by atoms with Crippen LogP contribution in [0.3, 0.4) is 0 Å². The van der Waals surface area contributed by atoms with Crippen molar-refractivity contribution in [3.05, 3.63) is 46.6 Å². The van der Waals surface area contributed by atoms with Crippen molar-refractivity contribution in [2.75, 3.05) is 11.9 Å². The maximum atomic E-state index is 12.7. The molecule has 1 aliphatic carbocycles. The Morgan fingerprint density at radius 3 is 2.97 bits per heavy atom. The van der Waals surface area contributed by atoms with Gasteiger partial charge in [0, 0.05) is 30.3 Å². The Bertz CT molecular complexity index is 1080. The van der Waals surface area contributed by atoms with Crippen LogP contribution < -0.4 is 5.32 Å².